The molecule has 3 aromatic carbocycles. The molecule has 0 bridgehead atoms. The monoisotopic (exact) mass is 460 g/mol. The normalized spacial score (nSPS) is 15.5. The van der Waals surface area contributed by atoms with Crippen molar-refractivity contribution in [3.8, 4) is 5.75 Å². The first-order chi connectivity index (χ1) is 16.6. The standard InChI is InChI=1S/C29H36N2O3/c32-20-25-17-24(11-14-28(25)33)27(22-7-4-8-22)18-30-16-15-21-9-12-26(13-10-21)31-19-29(34)23-5-2-1-3-6-23/h1-3,5-6,9-14,17,22,27,29-34H,4,7-8,15-16,18-20H2. The van der Waals surface area contributed by atoms with E-state index in [9.17, 15) is 15.3 Å². The van der Waals surface area contributed by atoms with E-state index in [-0.39, 0.29) is 12.4 Å². The van der Waals surface area contributed by atoms with Crippen LogP contribution in [0.3, 0.4) is 0 Å². The molecule has 34 heavy (non-hydrogen) atoms. The minimum atomic E-state index is -0.532. The molecular weight excluding hydrogens is 424 g/mol. The Bertz CT molecular complexity index is 1020. The maximum Gasteiger partial charge on any atom is 0.121 e. The molecule has 0 saturated heterocycles. The summed E-state index contributed by atoms with van der Waals surface area (Å²) in [5.74, 6) is 1.24. The van der Waals surface area contributed by atoms with Crippen molar-refractivity contribution < 1.29 is 15.3 Å². The molecule has 1 aliphatic rings. The number of aliphatic hydroxyl groups excluding tert-OH is 2. The van der Waals surface area contributed by atoms with E-state index < -0.39 is 6.10 Å². The second kappa shape index (κ2) is 12.0. The van der Waals surface area contributed by atoms with Gasteiger partial charge in [0.1, 0.15) is 5.75 Å². The van der Waals surface area contributed by atoms with Gasteiger partial charge in [0, 0.05) is 24.3 Å². The van der Waals surface area contributed by atoms with E-state index in [4.69, 9.17) is 0 Å². The van der Waals surface area contributed by atoms with E-state index in [0.29, 0.717) is 23.9 Å². The highest BCUT2D eigenvalue weighted by atomic mass is 16.3. The summed E-state index contributed by atoms with van der Waals surface area (Å²) in [5.41, 5.74) is 4.99. The maximum atomic E-state index is 10.3. The summed E-state index contributed by atoms with van der Waals surface area (Å²) in [6.45, 7) is 2.13. The molecule has 1 fully saturated rings. The molecule has 0 aromatic heterocycles. The predicted octanol–water partition coefficient (Wildman–Crippen LogP) is 4.75. The molecular formula is C29H36N2O3. The zero-order valence-corrected chi connectivity index (χ0v) is 19.7. The van der Waals surface area contributed by atoms with Crippen LogP contribution in [-0.4, -0.2) is 35.0 Å². The van der Waals surface area contributed by atoms with Crippen LogP contribution in [-0.2, 0) is 13.0 Å². The number of benzene rings is 3. The van der Waals surface area contributed by atoms with E-state index in [1.54, 1.807) is 6.07 Å². The first kappa shape index (κ1) is 24.3. The molecule has 0 aliphatic heterocycles. The molecule has 0 amide bonds. The van der Waals surface area contributed by atoms with Crippen LogP contribution >= 0.6 is 0 Å². The van der Waals surface area contributed by atoms with Crippen molar-refractivity contribution in [1.82, 2.24) is 5.32 Å². The molecule has 1 aliphatic carbocycles. The number of phenols is 1. The van der Waals surface area contributed by atoms with Gasteiger partial charge in [-0.3, -0.25) is 0 Å². The van der Waals surface area contributed by atoms with Crippen molar-refractivity contribution in [1.29, 1.82) is 0 Å². The molecule has 0 spiro atoms. The van der Waals surface area contributed by atoms with Gasteiger partial charge < -0.3 is 26.0 Å². The Kier molecular flexibility index (Phi) is 8.58. The summed E-state index contributed by atoms with van der Waals surface area (Å²) in [7, 11) is 0. The number of rotatable bonds is 12. The third-order valence-corrected chi connectivity index (χ3v) is 7.01. The van der Waals surface area contributed by atoms with Crippen LogP contribution in [0.15, 0.2) is 72.8 Å². The smallest absolute Gasteiger partial charge is 0.121 e. The lowest BCUT2D eigenvalue weighted by molar-refractivity contribution is 0.191. The second-order valence-electron chi connectivity index (χ2n) is 9.30. The van der Waals surface area contributed by atoms with E-state index in [1.807, 2.05) is 42.5 Å². The zero-order valence-electron chi connectivity index (χ0n) is 19.7. The van der Waals surface area contributed by atoms with Crippen molar-refractivity contribution in [3.05, 3.63) is 95.1 Å². The van der Waals surface area contributed by atoms with E-state index in [1.165, 1.54) is 30.4 Å². The fourth-order valence-electron chi connectivity index (χ4n) is 4.65. The van der Waals surface area contributed by atoms with Gasteiger partial charge in [-0.05, 0) is 78.6 Å². The Labute approximate surface area is 202 Å². The lowest BCUT2D eigenvalue weighted by atomic mass is 9.72. The van der Waals surface area contributed by atoms with Crippen molar-refractivity contribution in [2.75, 3.05) is 25.0 Å². The van der Waals surface area contributed by atoms with Crippen LogP contribution in [0.4, 0.5) is 5.69 Å². The largest absolute Gasteiger partial charge is 0.508 e. The second-order valence-corrected chi connectivity index (χ2v) is 9.30. The molecule has 180 valence electrons. The molecule has 5 heteroatoms. The van der Waals surface area contributed by atoms with Crippen LogP contribution in [0, 0.1) is 5.92 Å². The number of aromatic hydroxyl groups is 1. The van der Waals surface area contributed by atoms with E-state index >= 15 is 0 Å². The Balaban J connectivity index is 1.24. The van der Waals surface area contributed by atoms with Crippen LogP contribution in [0.1, 0.15) is 53.5 Å². The van der Waals surface area contributed by atoms with Gasteiger partial charge in [-0.15, -0.1) is 0 Å². The quantitative estimate of drug-likeness (QED) is 0.252. The number of aliphatic hydroxyl groups is 2. The maximum absolute atomic E-state index is 10.3. The summed E-state index contributed by atoms with van der Waals surface area (Å²) in [5, 5.41) is 36.7. The van der Waals surface area contributed by atoms with Crippen LogP contribution in [0.5, 0.6) is 5.75 Å². The highest BCUT2D eigenvalue weighted by molar-refractivity contribution is 5.45. The molecule has 2 unspecified atom stereocenters. The van der Waals surface area contributed by atoms with Gasteiger partial charge in [0.15, 0.2) is 0 Å². The molecule has 3 aromatic rings. The average molecular weight is 461 g/mol. The third-order valence-electron chi connectivity index (χ3n) is 7.01. The van der Waals surface area contributed by atoms with Gasteiger partial charge in [0.25, 0.3) is 0 Å². The van der Waals surface area contributed by atoms with Crippen molar-refractivity contribution in [2.24, 2.45) is 5.92 Å². The molecule has 4 rings (SSSR count). The Hall–Kier alpha value is -2.86. The predicted molar refractivity (Wildman–Crippen MR) is 137 cm³/mol. The average Bonchev–Trinajstić information content (AvgIpc) is 2.85. The topological polar surface area (TPSA) is 84.8 Å². The lowest BCUT2D eigenvalue weighted by Gasteiger charge is -2.34. The van der Waals surface area contributed by atoms with Gasteiger partial charge in [-0.1, -0.05) is 55.0 Å². The van der Waals surface area contributed by atoms with Gasteiger partial charge in [-0.2, -0.15) is 0 Å². The highest BCUT2D eigenvalue weighted by Crippen LogP contribution is 2.40. The first-order valence-corrected chi connectivity index (χ1v) is 12.3. The van der Waals surface area contributed by atoms with Crippen LogP contribution in [0.25, 0.3) is 0 Å². The molecule has 5 nitrogen and oxygen atoms in total. The van der Waals surface area contributed by atoms with Crippen LogP contribution in [0.2, 0.25) is 0 Å². The fourth-order valence-corrected chi connectivity index (χ4v) is 4.65. The summed E-state index contributed by atoms with van der Waals surface area (Å²) in [6.07, 6.45) is 4.19. The SMILES string of the molecule is OCc1cc(C(CNCCc2ccc(NCC(O)c3ccccc3)cc2)C2CCC2)ccc1O. The number of nitrogens with one attached hydrogen (secondary N) is 2. The number of anilines is 1. The van der Waals surface area contributed by atoms with Gasteiger partial charge >= 0.3 is 0 Å². The first-order valence-electron chi connectivity index (χ1n) is 12.3. The Morgan fingerprint density at radius 1 is 0.882 bits per heavy atom. The van der Waals surface area contributed by atoms with Gasteiger partial charge in [0.05, 0.1) is 12.7 Å². The van der Waals surface area contributed by atoms with Gasteiger partial charge in [0.2, 0.25) is 0 Å². The number of hydrogen-bond acceptors (Lipinski definition) is 5. The van der Waals surface area contributed by atoms with Crippen molar-refractivity contribution in [3.63, 3.8) is 0 Å². The summed E-state index contributed by atoms with van der Waals surface area (Å²) in [6, 6.07) is 23.8. The summed E-state index contributed by atoms with van der Waals surface area (Å²) in [4.78, 5) is 0. The van der Waals surface area contributed by atoms with Crippen LogP contribution < -0.4 is 10.6 Å². The fraction of sp³-hybridized carbons (Fsp3) is 0.379. The summed E-state index contributed by atoms with van der Waals surface area (Å²) >= 11 is 0. The Morgan fingerprint density at radius 3 is 2.32 bits per heavy atom. The lowest BCUT2D eigenvalue weighted by Crippen LogP contribution is -2.31. The highest BCUT2D eigenvalue weighted by Gasteiger charge is 2.28. The van der Waals surface area contributed by atoms with Crippen molar-refractivity contribution >= 4 is 5.69 Å². The number of hydrogen-bond donors (Lipinski definition) is 5. The molecule has 2 atom stereocenters. The Morgan fingerprint density at radius 2 is 1.65 bits per heavy atom. The molecule has 0 radical (unpaired) electrons. The minimum absolute atomic E-state index is 0.138. The van der Waals surface area contributed by atoms with Crippen molar-refractivity contribution in [2.45, 2.75) is 44.3 Å². The van der Waals surface area contributed by atoms with Gasteiger partial charge in [-0.25, -0.2) is 0 Å². The molecule has 5 N–H and O–H groups in total. The minimum Gasteiger partial charge on any atom is -0.508 e. The summed E-state index contributed by atoms with van der Waals surface area (Å²) < 4.78 is 0. The van der Waals surface area contributed by atoms with E-state index in [0.717, 1.165) is 30.8 Å². The third kappa shape index (κ3) is 6.38. The van der Waals surface area contributed by atoms with E-state index in [2.05, 4.69) is 34.9 Å². The molecule has 0 heterocycles. The molecule has 1 saturated carbocycles. The zero-order chi connectivity index (χ0) is 23.8.